The van der Waals surface area contributed by atoms with Crippen molar-refractivity contribution in [1.82, 2.24) is 4.98 Å². The molecule has 0 bridgehead atoms. The van der Waals surface area contributed by atoms with Crippen LogP contribution in [0, 0.1) is 5.82 Å². The highest BCUT2D eigenvalue weighted by atomic mass is 35.5. The van der Waals surface area contributed by atoms with Gasteiger partial charge < -0.3 is 0 Å². The third kappa shape index (κ3) is 3.54. The van der Waals surface area contributed by atoms with Crippen molar-refractivity contribution < 1.29 is 17.6 Å². The van der Waals surface area contributed by atoms with E-state index in [9.17, 15) is 17.6 Å². The minimum absolute atomic E-state index is 0.103. The summed E-state index contributed by atoms with van der Waals surface area (Å²) in [5.74, 6) is -1.37. The molecular formula is C14H7Cl2F4N. The van der Waals surface area contributed by atoms with E-state index in [0.717, 1.165) is 12.1 Å². The summed E-state index contributed by atoms with van der Waals surface area (Å²) in [6, 6.07) is 5.45. The summed E-state index contributed by atoms with van der Waals surface area (Å²) in [6.45, 7) is 3.72. The fourth-order valence-electron chi connectivity index (χ4n) is 1.74. The van der Waals surface area contributed by atoms with Crippen molar-refractivity contribution in [2.75, 3.05) is 0 Å². The Bertz CT molecular complexity index is 690. The van der Waals surface area contributed by atoms with Crippen LogP contribution < -0.4 is 0 Å². The molecule has 0 N–H and O–H groups in total. The molecular weight excluding hydrogens is 329 g/mol. The van der Waals surface area contributed by atoms with E-state index in [2.05, 4.69) is 11.6 Å². The van der Waals surface area contributed by atoms with Gasteiger partial charge in [-0.05, 0) is 41.0 Å². The summed E-state index contributed by atoms with van der Waals surface area (Å²) in [7, 11) is 0. The lowest BCUT2D eigenvalue weighted by atomic mass is 9.99. The number of aromatic nitrogens is 1. The van der Waals surface area contributed by atoms with E-state index in [1.165, 1.54) is 12.1 Å². The van der Waals surface area contributed by atoms with E-state index < -0.39 is 17.6 Å². The monoisotopic (exact) mass is 335 g/mol. The minimum atomic E-state index is -4.74. The lowest BCUT2D eigenvalue weighted by Crippen LogP contribution is -2.08. The van der Waals surface area contributed by atoms with Crippen LogP contribution in [0.4, 0.5) is 17.6 Å². The molecule has 0 unspecified atom stereocenters. The van der Waals surface area contributed by atoms with Gasteiger partial charge in [-0.15, -0.1) is 0 Å². The van der Waals surface area contributed by atoms with Crippen molar-refractivity contribution in [3.63, 3.8) is 0 Å². The zero-order valence-corrected chi connectivity index (χ0v) is 11.8. The average molecular weight is 336 g/mol. The first-order valence-electron chi connectivity index (χ1n) is 5.58. The summed E-state index contributed by atoms with van der Waals surface area (Å²) >= 11 is 11.5. The van der Waals surface area contributed by atoms with Crippen LogP contribution >= 0.6 is 23.2 Å². The Kier molecular flexibility index (Phi) is 4.25. The standard InChI is InChI=1S/C14H7Cl2F4N/c1-7(9-5-12(15)21-13(16)6-9)8-2-3-10(11(17)4-8)14(18,19)20/h2-6H,1H2. The topological polar surface area (TPSA) is 12.9 Å². The Balaban J connectivity index is 2.43. The zero-order valence-electron chi connectivity index (χ0n) is 10.3. The van der Waals surface area contributed by atoms with Crippen LogP contribution in [0.3, 0.4) is 0 Å². The first kappa shape index (κ1) is 15.8. The quantitative estimate of drug-likeness (QED) is 0.513. The van der Waals surface area contributed by atoms with Gasteiger partial charge in [-0.25, -0.2) is 9.37 Å². The smallest absolute Gasteiger partial charge is 0.224 e. The predicted octanol–water partition coefficient (Wildman–Crippen LogP) is 5.61. The predicted molar refractivity (Wildman–Crippen MR) is 73.8 cm³/mol. The molecule has 0 fully saturated rings. The molecule has 1 heterocycles. The number of hydrogen-bond donors (Lipinski definition) is 0. The largest absolute Gasteiger partial charge is 0.419 e. The highest BCUT2D eigenvalue weighted by molar-refractivity contribution is 6.32. The third-order valence-corrected chi connectivity index (χ3v) is 3.12. The maximum atomic E-state index is 13.6. The number of halogens is 6. The van der Waals surface area contributed by atoms with E-state index >= 15 is 0 Å². The summed E-state index contributed by atoms with van der Waals surface area (Å²) in [5.41, 5.74) is -0.406. The molecule has 0 saturated carbocycles. The number of nitrogens with zero attached hydrogens (tertiary/aromatic N) is 1. The highest BCUT2D eigenvalue weighted by Crippen LogP contribution is 2.33. The maximum absolute atomic E-state index is 13.6. The van der Waals surface area contributed by atoms with Crippen molar-refractivity contribution in [2.45, 2.75) is 6.18 Å². The van der Waals surface area contributed by atoms with Crippen LogP contribution in [-0.4, -0.2) is 4.98 Å². The Morgan fingerprint density at radius 2 is 1.57 bits per heavy atom. The Morgan fingerprint density at radius 1 is 1.00 bits per heavy atom. The Morgan fingerprint density at radius 3 is 2.05 bits per heavy atom. The fraction of sp³-hybridized carbons (Fsp3) is 0.0714. The molecule has 0 aliphatic rings. The van der Waals surface area contributed by atoms with E-state index in [1.54, 1.807) is 0 Å². The molecule has 110 valence electrons. The van der Waals surface area contributed by atoms with Gasteiger partial charge in [0.2, 0.25) is 0 Å². The van der Waals surface area contributed by atoms with Gasteiger partial charge in [-0.3, -0.25) is 0 Å². The van der Waals surface area contributed by atoms with Gasteiger partial charge in [0.1, 0.15) is 16.1 Å². The summed E-state index contributed by atoms with van der Waals surface area (Å²) in [5, 5.41) is 0.206. The lowest BCUT2D eigenvalue weighted by Gasteiger charge is -2.11. The molecule has 21 heavy (non-hydrogen) atoms. The van der Waals surface area contributed by atoms with Crippen LogP contribution in [0.5, 0.6) is 0 Å². The van der Waals surface area contributed by atoms with Crippen LogP contribution in [0.15, 0.2) is 36.9 Å². The van der Waals surface area contributed by atoms with Crippen molar-refractivity contribution in [2.24, 2.45) is 0 Å². The van der Waals surface area contributed by atoms with E-state index in [0.29, 0.717) is 11.6 Å². The van der Waals surface area contributed by atoms with Gasteiger partial charge in [-0.2, -0.15) is 13.2 Å². The molecule has 1 nitrogen and oxygen atoms in total. The summed E-state index contributed by atoms with van der Waals surface area (Å²) < 4.78 is 51.1. The fourth-order valence-corrected chi connectivity index (χ4v) is 2.20. The second kappa shape index (κ2) is 5.66. The first-order valence-corrected chi connectivity index (χ1v) is 6.33. The normalized spacial score (nSPS) is 11.5. The molecule has 0 amide bonds. The van der Waals surface area contributed by atoms with Crippen molar-refractivity contribution in [3.8, 4) is 0 Å². The second-order valence-corrected chi connectivity index (χ2v) is 4.95. The van der Waals surface area contributed by atoms with Gasteiger partial charge in [0.15, 0.2) is 0 Å². The Labute approximate surface area is 127 Å². The molecule has 0 aliphatic carbocycles. The molecule has 0 atom stereocenters. The number of benzene rings is 1. The zero-order chi connectivity index (χ0) is 15.8. The highest BCUT2D eigenvalue weighted by Gasteiger charge is 2.34. The molecule has 0 radical (unpaired) electrons. The third-order valence-electron chi connectivity index (χ3n) is 2.73. The maximum Gasteiger partial charge on any atom is 0.419 e. The first-order chi connectivity index (χ1) is 9.68. The van der Waals surface area contributed by atoms with Gasteiger partial charge >= 0.3 is 6.18 Å². The van der Waals surface area contributed by atoms with E-state index in [4.69, 9.17) is 23.2 Å². The van der Waals surface area contributed by atoms with Crippen LogP contribution in [-0.2, 0) is 6.18 Å². The Hall–Kier alpha value is -1.59. The van der Waals surface area contributed by atoms with Crippen LogP contribution in [0.2, 0.25) is 10.3 Å². The van der Waals surface area contributed by atoms with Gasteiger partial charge in [0.05, 0.1) is 5.56 Å². The van der Waals surface area contributed by atoms with Crippen LogP contribution in [0.1, 0.15) is 16.7 Å². The van der Waals surface area contributed by atoms with Crippen molar-refractivity contribution >= 4 is 28.8 Å². The molecule has 7 heteroatoms. The molecule has 2 rings (SSSR count). The second-order valence-electron chi connectivity index (χ2n) is 4.17. The van der Waals surface area contributed by atoms with Gasteiger partial charge in [0, 0.05) is 0 Å². The number of hydrogen-bond acceptors (Lipinski definition) is 1. The van der Waals surface area contributed by atoms with E-state index in [-0.39, 0.29) is 21.4 Å². The molecule has 1 aromatic carbocycles. The number of rotatable bonds is 2. The summed E-state index contributed by atoms with van der Waals surface area (Å²) in [4.78, 5) is 3.74. The molecule has 0 saturated heterocycles. The SMILES string of the molecule is C=C(c1cc(Cl)nc(Cl)c1)c1ccc(C(F)(F)F)c(F)c1. The van der Waals surface area contributed by atoms with E-state index in [1.807, 2.05) is 0 Å². The van der Waals surface area contributed by atoms with Crippen molar-refractivity contribution in [1.29, 1.82) is 0 Å². The average Bonchev–Trinajstić information content (AvgIpc) is 2.35. The van der Waals surface area contributed by atoms with Gasteiger partial charge in [-0.1, -0.05) is 35.8 Å². The molecule has 0 spiro atoms. The molecule has 1 aromatic heterocycles. The molecule has 2 aromatic rings. The van der Waals surface area contributed by atoms with Crippen molar-refractivity contribution in [3.05, 3.63) is 69.7 Å². The summed E-state index contributed by atoms with van der Waals surface area (Å²) in [6.07, 6.45) is -4.74. The number of alkyl halides is 3. The molecule has 0 aliphatic heterocycles. The minimum Gasteiger partial charge on any atom is -0.224 e. The van der Waals surface area contributed by atoms with Gasteiger partial charge in [0.25, 0.3) is 0 Å². The number of pyridine rings is 1. The lowest BCUT2D eigenvalue weighted by molar-refractivity contribution is -0.140. The van der Waals surface area contributed by atoms with Crippen LogP contribution in [0.25, 0.3) is 5.57 Å².